The summed E-state index contributed by atoms with van der Waals surface area (Å²) in [4.78, 5) is 18.9. The van der Waals surface area contributed by atoms with Crippen LogP contribution >= 0.6 is 0 Å². The van der Waals surface area contributed by atoms with Crippen molar-refractivity contribution in [1.82, 2.24) is 24.9 Å². The van der Waals surface area contributed by atoms with Crippen LogP contribution in [0.2, 0.25) is 0 Å². The standard InChI is InChI=1S/C18H14F2N6/c19-14-3-11(5-21-8-14)6-23-16-2-1-12(17(20)26-16)4-13-7-24-18-15(13)9-22-10-25-18/h1-3,5,7-10H,4,6H2,(H,23,26)(H,22,24,25). The van der Waals surface area contributed by atoms with E-state index in [1.165, 1.54) is 12.4 Å². The number of hydrogen-bond acceptors (Lipinski definition) is 5. The molecule has 0 saturated carbocycles. The maximum Gasteiger partial charge on any atom is 0.218 e. The van der Waals surface area contributed by atoms with E-state index in [9.17, 15) is 8.78 Å². The highest BCUT2D eigenvalue weighted by molar-refractivity contribution is 5.78. The maximum atomic E-state index is 14.4. The van der Waals surface area contributed by atoms with Gasteiger partial charge >= 0.3 is 0 Å². The fraction of sp³-hybridized carbons (Fsp3) is 0.111. The van der Waals surface area contributed by atoms with Gasteiger partial charge in [0.05, 0.1) is 6.20 Å². The molecule has 26 heavy (non-hydrogen) atoms. The van der Waals surface area contributed by atoms with Crippen LogP contribution in [0.1, 0.15) is 16.7 Å². The molecule has 0 bridgehead atoms. The number of aromatic nitrogens is 5. The molecule has 8 heteroatoms. The summed E-state index contributed by atoms with van der Waals surface area (Å²) in [5, 5.41) is 3.82. The molecule has 130 valence electrons. The molecule has 4 rings (SSSR count). The molecular formula is C18H14F2N6. The number of halogens is 2. The zero-order valence-electron chi connectivity index (χ0n) is 13.6. The van der Waals surface area contributed by atoms with Crippen molar-refractivity contribution in [2.45, 2.75) is 13.0 Å². The van der Waals surface area contributed by atoms with Crippen molar-refractivity contribution < 1.29 is 8.78 Å². The third-order valence-corrected chi connectivity index (χ3v) is 3.98. The first-order chi connectivity index (χ1) is 12.7. The Balaban J connectivity index is 1.49. The largest absolute Gasteiger partial charge is 0.366 e. The van der Waals surface area contributed by atoms with Crippen molar-refractivity contribution >= 4 is 16.9 Å². The number of H-pyrrole nitrogens is 1. The SMILES string of the molecule is Fc1cncc(CNc2ccc(Cc3c[nH]c4ncncc34)c(F)n2)c1. The zero-order chi connectivity index (χ0) is 17.9. The van der Waals surface area contributed by atoms with E-state index in [0.717, 1.165) is 17.1 Å². The Kier molecular flexibility index (Phi) is 4.22. The minimum atomic E-state index is -0.557. The van der Waals surface area contributed by atoms with Gasteiger partial charge in [-0.25, -0.2) is 19.3 Å². The molecule has 0 aliphatic heterocycles. The summed E-state index contributed by atoms with van der Waals surface area (Å²) in [6, 6.07) is 4.73. The predicted molar refractivity (Wildman–Crippen MR) is 92.4 cm³/mol. The van der Waals surface area contributed by atoms with E-state index >= 15 is 0 Å². The molecule has 0 spiro atoms. The molecular weight excluding hydrogens is 338 g/mol. The van der Waals surface area contributed by atoms with Gasteiger partial charge in [0.2, 0.25) is 5.95 Å². The van der Waals surface area contributed by atoms with E-state index in [4.69, 9.17) is 0 Å². The number of fused-ring (bicyclic) bond motifs is 1. The highest BCUT2D eigenvalue weighted by atomic mass is 19.1. The second-order valence-electron chi connectivity index (χ2n) is 5.79. The van der Waals surface area contributed by atoms with Gasteiger partial charge in [0.15, 0.2) is 0 Å². The van der Waals surface area contributed by atoms with Crippen molar-refractivity contribution in [3.63, 3.8) is 0 Å². The van der Waals surface area contributed by atoms with E-state index in [1.807, 2.05) is 0 Å². The lowest BCUT2D eigenvalue weighted by atomic mass is 10.1. The summed E-state index contributed by atoms with van der Waals surface area (Å²) >= 11 is 0. The molecule has 0 unspecified atom stereocenters. The van der Waals surface area contributed by atoms with Crippen molar-refractivity contribution in [1.29, 1.82) is 0 Å². The topological polar surface area (TPSA) is 79.4 Å². The average molecular weight is 352 g/mol. The quantitative estimate of drug-likeness (QED) is 0.539. The molecule has 0 saturated heterocycles. The Bertz CT molecular complexity index is 1060. The van der Waals surface area contributed by atoms with Crippen molar-refractivity contribution in [3.05, 3.63) is 77.8 Å². The second kappa shape index (κ2) is 6.83. The number of anilines is 1. The Labute approximate surface area is 147 Å². The molecule has 0 amide bonds. The van der Waals surface area contributed by atoms with Crippen molar-refractivity contribution in [2.24, 2.45) is 0 Å². The third-order valence-electron chi connectivity index (χ3n) is 3.98. The average Bonchev–Trinajstić information content (AvgIpc) is 3.05. The first-order valence-electron chi connectivity index (χ1n) is 7.94. The summed E-state index contributed by atoms with van der Waals surface area (Å²) in [7, 11) is 0. The minimum absolute atomic E-state index is 0.302. The van der Waals surface area contributed by atoms with Crippen LogP contribution in [0.3, 0.4) is 0 Å². The maximum absolute atomic E-state index is 14.4. The Hall–Kier alpha value is -3.42. The van der Waals surface area contributed by atoms with E-state index in [0.29, 0.717) is 35.6 Å². The van der Waals surface area contributed by atoms with Gasteiger partial charge < -0.3 is 10.3 Å². The molecule has 4 aromatic heterocycles. The minimum Gasteiger partial charge on any atom is -0.366 e. The lowest BCUT2D eigenvalue weighted by Gasteiger charge is -2.08. The van der Waals surface area contributed by atoms with Crippen molar-refractivity contribution in [2.75, 3.05) is 5.32 Å². The predicted octanol–water partition coefficient (Wildman–Crippen LogP) is 3.23. The Morgan fingerprint density at radius 3 is 2.81 bits per heavy atom. The van der Waals surface area contributed by atoms with Gasteiger partial charge in [-0.3, -0.25) is 4.98 Å². The van der Waals surface area contributed by atoms with Gasteiger partial charge in [-0.1, -0.05) is 6.07 Å². The molecule has 4 heterocycles. The van der Waals surface area contributed by atoms with Gasteiger partial charge in [-0.05, 0) is 23.3 Å². The van der Waals surface area contributed by atoms with Crippen LogP contribution in [-0.2, 0) is 13.0 Å². The van der Waals surface area contributed by atoms with Gasteiger partial charge in [0.25, 0.3) is 0 Å². The highest BCUT2D eigenvalue weighted by Crippen LogP contribution is 2.20. The molecule has 0 aliphatic rings. The number of nitrogens with one attached hydrogen (secondary N) is 2. The number of pyridine rings is 2. The van der Waals surface area contributed by atoms with E-state index in [2.05, 4.69) is 30.2 Å². The molecule has 2 N–H and O–H groups in total. The zero-order valence-corrected chi connectivity index (χ0v) is 13.6. The van der Waals surface area contributed by atoms with Gasteiger partial charge in [-0.15, -0.1) is 0 Å². The first kappa shape index (κ1) is 16.1. The van der Waals surface area contributed by atoms with E-state index < -0.39 is 11.8 Å². The van der Waals surface area contributed by atoms with Gasteiger partial charge in [-0.2, -0.15) is 4.39 Å². The van der Waals surface area contributed by atoms with Crippen LogP contribution < -0.4 is 5.32 Å². The number of rotatable bonds is 5. The number of aromatic amines is 1. The molecule has 4 aromatic rings. The molecule has 0 radical (unpaired) electrons. The van der Waals surface area contributed by atoms with Crippen LogP contribution in [0.5, 0.6) is 0 Å². The third kappa shape index (κ3) is 3.34. The van der Waals surface area contributed by atoms with E-state index in [1.54, 1.807) is 30.7 Å². The first-order valence-corrected chi connectivity index (χ1v) is 7.94. The fourth-order valence-electron chi connectivity index (χ4n) is 2.70. The lowest BCUT2D eigenvalue weighted by Crippen LogP contribution is -2.05. The number of nitrogens with zero attached hydrogens (tertiary/aromatic N) is 4. The van der Waals surface area contributed by atoms with Gasteiger partial charge in [0, 0.05) is 42.5 Å². The molecule has 0 fully saturated rings. The monoisotopic (exact) mass is 352 g/mol. The van der Waals surface area contributed by atoms with Crippen molar-refractivity contribution in [3.8, 4) is 0 Å². The second-order valence-corrected chi connectivity index (χ2v) is 5.79. The van der Waals surface area contributed by atoms with Crippen LogP contribution in [0.15, 0.2) is 49.3 Å². The fourth-order valence-corrected chi connectivity index (χ4v) is 2.70. The summed E-state index contributed by atoms with van der Waals surface area (Å²) < 4.78 is 27.5. The van der Waals surface area contributed by atoms with Crippen LogP contribution in [0, 0.1) is 11.8 Å². The summed E-state index contributed by atoms with van der Waals surface area (Å²) in [5.74, 6) is -0.599. The van der Waals surface area contributed by atoms with E-state index in [-0.39, 0.29) is 0 Å². The van der Waals surface area contributed by atoms with Crippen LogP contribution in [0.25, 0.3) is 11.0 Å². The Morgan fingerprint density at radius 2 is 1.96 bits per heavy atom. The summed E-state index contributed by atoms with van der Waals surface area (Å²) in [6.45, 7) is 0.302. The molecule has 0 aliphatic carbocycles. The number of hydrogen-bond donors (Lipinski definition) is 2. The van der Waals surface area contributed by atoms with Gasteiger partial charge in [0.1, 0.15) is 23.6 Å². The lowest BCUT2D eigenvalue weighted by molar-refractivity contribution is 0.571. The Morgan fingerprint density at radius 1 is 1.04 bits per heavy atom. The highest BCUT2D eigenvalue weighted by Gasteiger charge is 2.10. The molecule has 0 atom stereocenters. The smallest absolute Gasteiger partial charge is 0.218 e. The summed E-state index contributed by atoms with van der Waals surface area (Å²) in [5.41, 5.74) is 2.72. The molecule has 0 aromatic carbocycles. The summed E-state index contributed by atoms with van der Waals surface area (Å²) in [6.07, 6.45) is 8.00. The van der Waals surface area contributed by atoms with Crippen LogP contribution in [0.4, 0.5) is 14.6 Å². The normalized spacial score (nSPS) is 11.0. The van der Waals surface area contributed by atoms with Crippen LogP contribution in [-0.4, -0.2) is 24.9 Å². The molecule has 6 nitrogen and oxygen atoms in total.